The van der Waals surface area contributed by atoms with Gasteiger partial charge < -0.3 is 25.2 Å². The molecule has 0 aliphatic rings. The maximum Gasteiger partial charge on any atom is 0.472 e. The molecule has 0 aromatic heterocycles. The van der Waals surface area contributed by atoms with Crippen molar-refractivity contribution in [3.63, 3.8) is 0 Å². The molecule has 0 aromatic carbocycles. The maximum absolute atomic E-state index is 12.6. The van der Waals surface area contributed by atoms with E-state index < -0.39 is 51.1 Å². The molecule has 0 saturated heterocycles. The van der Waals surface area contributed by atoms with Gasteiger partial charge >= 0.3 is 25.7 Å². The van der Waals surface area contributed by atoms with Gasteiger partial charge in [-0.25, -0.2) is 4.57 Å². The Kier molecular flexibility index (Phi) is 34.8. The largest absolute Gasteiger partial charge is 0.480 e. The molecule has 3 atom stereocenters. The predicted octanol–water partition coefficient (Wildman–Crippen LogP) is 9.79. The van der Waals surface area contributed by atoms with Crippen LogP contribution in [0.25, 0.3) is 0 Å². The zero-order valence-corrected chi connectivity index (χ0v) is 34.6. The summed E-state index contributed by atoms with van der Waals surface area (Å²) < 4.78 is 32.6. The third-order valence-electron chi connectivity index (χ3n) is 8.53. The number of carbonyl (C=O) groups excluding carboxylic acids is 3. The van der Waals surface area contributed by atoms with Crippen LogP contribution in [-0.2, 0) is 42.3 Å². The molecule has 0 aliphatic heterocycles. The molecule has 0 radical (unpaired) electrons. The normalized spacial score (nSPS) is 14.2. The summed E-state index contributed by atoms with van der Waals surface area (Å²) in [5.41, 5.74) is 5.32. The maximum atomic E-state index is 12.6. The highest BCUT2D eigenvalue weighted by atomic mass is 31.2. The lowest BCUT2D eigenvalue weighted by atomic mass is 10.1. The number of allylic oxidation sites excluding steroid dienone is 8. The predicted molar refractivity (Wildman–Crippen MR) is 217 cm³/mol. The first-order valence-electron chi connectivity index (χ1n) is 20.6. The fraction of sp³-hybridized carbons (Fsp3) is 0.714. The highest BCUT2D eigenvalue weighted by Crippen LogP contribution is 2.43. The van der Waals surface area contributed by atoms with Crippen molar-refractivity contribution in [3.8, 4) is 0 Å². The summed E-state index contributed by atoms with van der Waals surface area (Å²) in [5, 5.41) is 8.87. The first kappa shape index (κ1) is 52.1. The monoisotopic (exact) mass is 797 g/mol. The van der Waals surface area contributed by atoms with Gasteiger partial charge in [0.1, 0.15) is 12.6 Å². The molecule has 0 spiro atoms. The number of carboxylic acids is 1. The van der Waals surface area contributed by atoms with Crippen molar-refractivity contribution in [2.75, 3.05) is 19.8 Å². The molecule has 13 heteroatoms. The summed E-state index contributed by atoms with van der Waals surface area (Å²) in [4.78, 5) is 57.6. The first-order chi connectivity index (χ1) is 26.5. The van der Waals surface area contributed by atoms with Gasteiger partial charge in [-0.05, 0) is 70.3 Å². The van der Waals surface area contributed by atoms with Crippen LogP contribution in [0, 0.1) is 0 Å². The van der Waals surface area contributed by atoms with Crippen LogP contribution >= 0.6 is 7.82 Å². The lowest BCUT2D eigenvalue weighted by Gasteiger charge is -2.20. The van der Waals surface area contributed by atoms with Crippen molar-refractivity contribution >= 4 is 31.5 Å². The van der Waals surface area contributed by atoms with Crippen molar-refractivity contribution in [2.45, 2.75) is 174 Å². The van der Waals surface area contributed by atoms with Crippen molar-refractivity contribution < 1.29 is 52.3 Å². The van der Waals surface area contributed by atoms with E-state index in [1.807, 2.05) is 12.2 Å². The van der Waals surface area contributed by atoms with Gasteiger partial charge in [-0.2, -0.15) is 0 Å². The van der Waals surface area contributed by atoms with E-state index in [-0.39, 0.29) is 25.2 Å². The summed E-state index contributed by atoms with van der Waals surface area (Å²) in [6, 6.07) is -1.54. The first-order valence-corrected chi connectivity index (χ1v) is 22.1. The molecular weight excluding hydrogens is 725 g/mol. The number of nitrogens with two attached hydrogens (primary N) is 1. The highest BCUT2D eigenvalue weighted by Gasteiger charge is 2.28. The molecule has 4 N–H and O–H groups in total. The molecular formula is C42H72NO11P. The number of aliphatic carboxylic acids is 1. The number of esters is 2. The van der Waals surface area contributed by atoms with E-state index in [2.05, 4.69) is 42.7 Å². The number of unbranched alkanes of at least 4 members (excludes halogenated alkanes) is 15. The molecule has 0 heterocycles. The number of phosphoric acid groups is 1. The molecule has 0 rings (SSSR count). The minimum absolute atomic E-state index is 0.126. The van der Waals surface area contributed by atoms with Gasteiger partial charge in [0.25, 0.3) is 0 Å². The van der Waals surface area contributed by atoms with Gasteiger partial charge in [0.05, 0.1) is 13.2 Å². The van der Waals surface area contributed by atoms with E-state index in [9.17, 15) is 28.6 Å². The number of carbonyl (C=O) groups is 4. The van der Waals surface area contributed by atoms with Gasteiger partial charge in [0.2, 0.25) is 0 Å². The van der Waals surface area contributed by atoms with Gasteiger partial charge in [0, 0.05) is 19.3 Å². The molecule has 0 aliphatic carbocycles. The standard InChI is InChI=1S/C42H72NO11P/c1-3-5-7-8-9-10-11-12-13-14-15-18-22-25-29-33-41(46)54-38(35-52-55(49,50)53-36-39(43)42(47)48)34-51-40(45)32-28-24-21-19-16-17-20-23-27-31-37(44)30-26-6-4-2/h9-10,12-13,20,23,27,31,38-39H,3-8,11,14-19,21-22,24-26,28-30,32-36,43H2,1-2H3,(H,47,48)(H,49,50)/b10-9-,13-12-,23-20-,31-27+/t38-,39+/m1/s1. The quantitative estimate of drug-likeness (QED) is 0.0134. The minimum Gasteiger partial charge on any atom is -0.480 e. The van der Waals surface area contributed by atoms with E-state index in [4.69, 9.17) is 24.8 Å². The number of ketones is 1. The average molecular weight is 798 g/mol. The van der Waals surface area contributed by atoms with E-state index in [1.54, 1.807) is 12.2 Å². The lowest BCUT2D eigenvalue weighted by molar-refractivity contribution is -0.161. The highest BCUT2D eigenvalue weighted by molar-refractivity contribution is 7.47. The average Bonchev–Trinajstić information content (AvgIpc) is 3.15. The second-order valence-corrected chi connectivity index (χ2v) is 15.3. The smallest absolute Gasteiger partial charge is 0.472 e. The Morgan fingerprint density at radius 1 is 0.618 bits per heavy atom. The number of rotatable bonds is 38. The van der Waals surface area contributed by atoms with Crippen LogP contribution < -0.4 is 5.73 Å². The minimum atomic E-state index is -4.74. The van der Waals surface area contributed by atoms with Crippen molar-refractivity contribution in [1.82, 2.24) is 0 Å². The number of hydrogen-bond donors (Lipinski definition) is 3. The summed E-state index contributed by atoms with van der Waals surface area (Å²) in [6.45, 7) is 2.55. The Morgan fingerprint density at radius 3 is 1.75 bits per heavy atom. The molecule has 0 fully saturated rings. The SMILES string of the molecule is CCCCC/C=C\C/C=C\CCCCCCCC(=O)O[C@H](COC(=O)CCCCCCC/C=C\C=C\C(=O)CCCCC)COP(=O)(O)OC[C@H](N)C(=O)O. The fourth-order valence-electron chi connectivity index (χ4n) is 5.19. The Hall–Kier alpha value is -2.89. The Labute approximate surface area is 331 Å². The molecule has 0 saturated carbocycles. The van der Waals surface area contributed by atoms with Crippen LogP contribution in [0.15, 0.2) is 48.6 Å². The van der Waals surface area contributed by atoms with Crippen LogP contribution in [0.2, 0.25) is 0 Å². The summed E-state index contributed by atoms with van der Waals surface area (Å²) in [6.07, 6.45) is 35.8. The third kappa shape index (κ3) is 36.5. The molecule has 316 valence electrons. The van der Waals surface area contributed by atoms with Crippen LogP contribution in [0.1, 0.15) is 162 Å². The van der Waals surface area contributed by atoms with Crippen molar-refractivity contribution in [2.24, 2.45) is 5.73 Å². The van der Waals surface area contributed by atoms with Crippen LogP contribution in [0.3, 0.4) is 0 Å². The number of ether oxygens (including phenoxy) is 2. The summed E-state index contributed by atoms with van der Waals surface area (Å²) in [5.74, 6) is -2.32. The Balaban J connectivity index is 4.50. The van der Waals surface area contributed by atoms with Gasteiger partial charge in [-0.3, -0.25) is 28.2 Å². The number of carboxylic acid groups (broad SMARTS) is 1. The second-order valence-electron chi connectivity index (χ2n) is 13.8. The van der Waals surface area contributed by atoms with Crippen molar-refractivity contribution in [1.29, 1.82) is 0 Å². The molecule has 1 unspecified atom stereocenters. The fourth-order valence-corrected chi connectivity index (χ4v) is 5.97. The number of hydrogen-bond acceptors (Lipinski definition) is 10. The van der Waals surface area contributed by atoms with Gasteiger partial charge in [0.15, 0.2) is 11.9 Å². The molecule has 12 nitrogen and oxygen atoms in total. The zero-order chi connectivity index (χ0) is 40.8. The van der Waals surface area contributed by atoms with E-state index in [1.165, 1.54) is 19.3 Å². The molecule has 0 amide bonds. The summed E-state index contributed by atoms with van der Waals surface area (Å²) >= 11 is 0. The van der Waals surface area contributed by atoms with E-state index in [0.717, 1.165) is 96.3 Å². The van der Waals surface area contributed by atoms with E-state index in [0.29, 0.717) is 19.3 Å². The lowest BCUT2D eigenvalue weighted by Crippen LogP contribution is -2.34. The number of phosphoric ester groups is 1. The summed E-state index contributed by atoms with van der Waals surface area (Å²) in [7, 11) is -4.74. The molecule has 0 aromatic rings. The Morgan fingerprint density at radius 2 is 1.13 bits per heavy atom. The molecule has 55 heavy (non-hydrogen) atoms. The van der Waals surface area contributed by atoms with Gasteiger partial charge in [-0.1, -0.05) is 121 Å². The van der Waals surface area contributed by atoms with E-state index >= 15 is 0 Å². The topological polar surface area (TPSA) is 189 Å². The second kappa shape index (κ2) is 36.7. The molecule has 0 bridgehead atoms. The third-order valence-corrected chi connectivity index (χ3v) is 9.48. The zero-order valence-electron chi connectivity index (χ0n) is 33.8. The van der Waals surface area contributed by atoms with Crippen LogP contribution in [0.4, 0.5) is 0 Å². The van der Waals surface area contributed by atoms with Crippen LogP contribution in [0.5, 0.6) is 0 Å². The van der Waals surface area contributed by atoms with Gasteiger partial charge in [-0.15, -0.1) is 0 Å². The van der Waals surface area contributed by atoms with Crippen molar-refractivity contribution in [3.05, 3.63) is 48.6 Å². The Bertz CT molecular complexity index is 1180. The van der Waals surface area contributed by atoms with Crippen LogP contribution in [-0.4, -0.2) is 65.7 Å².